The van der Waals surface area contributed by atoms with Gasteiger partial charge in [0.15, 0.2) is 11.6 Å². The van der Waals surface area contributed by atoms with Crippen molar-refractivity contribution in [3.8, 4) is 34.0 Å². The summed E-state index contributed by atoms with van der Waals surface area (Å²) >= 11 is 0. The Morgan fingerprint density at radius 2 is 1.79 bits per heavy atom. The average Bonchev–Trinajstić information content (AvgIpc) is 3.73. The number of aromatic amines is 2. The van der Waals surface area contributed by atoms with Crippen molar-refractivity contribution in [1.29, 1.82) is 0 Å². The molecule has 0 spiro atoms. The van der Waals surface area contributed by atoms with Crippen LogP contribution in [0.3, 0.4) is 0 Å². The van der Waals surface area contributed by atoms with Gasteiger partial charge in [-0.2, -0.15) is 5.10 Å². The number of fused-ring (bicyclic) bond motifs is 2. The van der Waals surface area contributed by atoms with Crippen molar-refractivity contribution in [2.24, 2.45) is 5.92 Å². The van der Waals surface area contributed by atoms with Crippen molar-refractivity contribution >= 4 is 33.5 Å². The van der Waals surface area contributed by atoms with E-state index < -0.39 is 5.82 Å². The highest BCUT2D eigenvalue weighted by Gasteiger charge is 2.24. The zero-order valence-corrected chi connectivity index (χ0v) is 20.6. The molecule has 39 heavy (non-hydrogen) atoms. The number of carbonyl (C=O) groups excluding carboxylic acids is 1. The molecule has 6 aromatic rings. The highest BCUT2D eigenvalue weighted by atomic mass is 19.1. The molecule has 6 aromatic heterocycles. The van der Waals surface area contributed by atoms with Gasteiger partial charge in [-0.3, -0.25) is 29.8 Å². The largest absolute Gasteiger partial charge is 0.336 e. The Morgan fingerprint density at radius 1 is 0.923 bits per heavy atom. The van der Waals surface area contributed by atoms with Crippen LogP contribution >= 0.6 is 0 Å². The Bertz CT molecular complexity index is 1840. The second kappa shape index (κ2) is 9.35. The van der Waals surface area contributed by atoms with E-state index in [1.807, 2.05) is 12.1 Å². The third kappa shape index (κ3) is 4.08. The molecular formula is C28H22FN9O. The van der Waals surface area contributed by atoms with Gasteiger partial charge in [-0.25, -0.2) is 9.37 Å². The highest BCUT2D eigenvalue weighted by Crippen LogP contribution is 2.34. The number of rotatable bonds is 5. The Kier molecular flexibility index (Phi) is 5.54. The fourth-order valence-corrected chi connectivity index (χ4v) is 5.18. The SMILES string of the molecule is O=C(Nc1cncc(-c2ncc3[nH]nc(-c4nc5c(-c6cccnc6)nccc5[nH]4)c3c2F)c1)C1CCCC1. The molecule has 0 atom stereocenters. The van der Waals surface area contributed by atoms with Crippen molar-refractivity contribution in [3.63, 3.8) is 0 Å². The minimum atomic E-state index is -0.566. The smallest absolute Gasteiger partial charge is 0.227 e. The number of nitrogens with zero attached hydrogens (tertiary/aromatic N) is 6. The molecule has 0 unspecified atom stereocenters. The first-order valence-electron chi connectivity index (χ1n) is 12.7. The van der Waals surface area contributed by atoms with E-state index >= 15 is 4.39 Å². The molecule has 192 valence electrons. The number of anilines is 1. The second-order valence-corrected chi connectivity index (χ2v) is 9.60. The topological polar surface area (TPSA) is 138 Å². The molecule has 6 heterocycles. The van der Waals surface area contributed by atoms with E-state index in [1.54, 1.807) is 36.9 Å². The normalized spacial score (nSPS) is 13.9. The minimum Gasteiger partial charge on any atom is -0.336 e. The molecule has 7 rings (SSSR count). The summed E-state index contributed by atoms with van der Waals surface area (Å²) in [5.41, 5.74) is 4.63. The molecule has 0 bridgehead atoms. The number of nitrogens with one attached hydrogen (secondary N) is 3. The summed E-state index contributed by atoms with van der Waals surface area (Å²) < 4.78 is 16.1. The maximum Gasteiger partial charge on any atom is 0.227 e. The van der Waals surface area contributed by atoms with Crippen molar-refractivity contribution in [1.82, 2.24) is 40.1 Å². The standard InChI is InChI=1S/C28H22FN9O/c29-22-21-20(14-33-23(22)17-10-18(13-31-12-17)34-28(39)15-4-1-2-5-15)37-38-26(21)27-35-19-7-9-32-24(25(19)36-27)16-6-3-8-30-11-16/h3,6-15H,1-2,4-5H2,(H,34,39)(H,35,36)(H,37,38). The molecule has 0 radical (unpaired) electrons. The minimum absolute atomic E-state index is 0.00559. The van der Waals surface area contributed by atoms with Gasteiger partial charge in [0.1, 0.15) is 16.9 Å². The summed E-state index contributed by atoms with van der Waals surface area (Å²) in [7, 11) is 0. The number of hydrogen-bond donors (Lipinski definition) is 3. The molecule has 1 aliphatic carbocycles. The summed E-state index contributed by atoms with van der Waals surface area (Å²) in [5, 5.41) is 10.4. The lowest BCUT2D eigenvalue weighted by atomic mass is 10.1. The maximum absolute atomic E-state index is 16.1. The van der Waals surface area contributed by atoms with Crippen molar-refractivity contribution in [2.45, 2.75) is 25.7 Å². The van der Waals surface area contributed by atoms with Gasteiger partial charge in [0.25, 0.3) is 0 Å². The lowest BCUT2D eigenvalue weighted by Gasteiger charge is -2.11. The fraction of sp³-hybridized carbons (Fsp3) is 0.179. The average molecular weight is 520 g/mol. The first kappa shape index (κ1) is 23.1. The number of halogens is 1. The van der Waals surface area contributed by atoms with E-state index in [0.717, 1.165) is 36.8 Å². The summed E-state index contributed by atoms with van der Waals surface area (Å²) in [6.45, 7) is 0. The number of hydrogen-bond acceptors (Lipinski definition) is 7. The van der Waals surface area contributed by atoms with E-state index in [-0.39, 0.29) is 22.9 Å². The number of pyridine rings is 4. The second-order valence-electron chi connectivity index (χ2n) is 9.60. The number of aromatic nitrogens is 8. The molecule has 0 saturated heterocycles. The zero-order valence-electron chi connectivity index (χ0n) is 20.6. The number of H-pyrrole nitrogens is 2. The maximum atomic E-state index is 16.1. The lowest BCUT2D eigenvalue weighted by Crippen LogP contribution is -2.20. The zero-order chi connectivity index (χ0) is 26.3. The van der Waals surface area contributed by atoms with E-state index in [0.29, 0.717) is 39.5 Å². The predicted octanol–water partition coefficient (Wildman–Crippen LogP) is 5.29. The van der Waals surface area contributed by atoms with Crippen LogP contribution < -0.4 is 5.32 Å². The van der Waals surface area contributed by atoms with Gasteiger partial charge < -0.3 is 10.3 Å². The van der Waals surface area contributed by atoms with Crippen molar-refractivity contribution in [2.75, 3.05) is 5.32 Å². The molecule has 3 N–H and O–H groups in total. The van der Waals surface area contributed by atoms with Crippen LogP contribution in [0.25, 0.3) is 56.0 Å². The van der Waals surface area contributed by atoms with Gasteiger partial charge >= 0.3 is 0 Å². The Morgan fingerprint density at radius 3 is 2.64 bits per heavy atom. The summed E-state index contributed by atoms with van der Waals surface area (Å²) in [4.78, 5) is 37.8. The number of carbonyl (C=O) groups is 1. The molecule has 1 amide bonds. The van der Waals surface area contributed by atoms with Crippen molar-refractivity contribution in [3.05, 3.63) is 67.3 Å². The van der Waals surface area contributed by atoms with Gasteiger partial charge in [-0.15, -0.1) is 0 Å². The van der Waals surface area contributed by atoms with Gasteiger partial charge in [-0.1, -0.05) is 12.8 Å². The molecule has 10 nitrogen and oxygen atoms in total. The van der Waals surface area contributed by atoms with Gasteiger partial charge in [0, 0.05) is 41.8 Å². The predicted molar refractivity (Wildman–Crippen MR) is 144 cm³/mol. The van der Waals surface area contributed by atoms with Crippen LogP contribution in [0.5, 0.6) is 0 Å². The molecule has 1 saturated carbocycles. The van der Waals surface area contributed by atoms with E-state index in [1.165, 1.54) is 12.4 Å². The van der Waals surface area contributed by atoms with Crippen LogP contribution in [0, 0.1) is 11.7 Å². The van der Waals surface area contributed by atoms with Gasteiger partial charge in [0.2, 0.25) is 5.91 Å². The Labute approximate surface area is 221 Å². The molecule has 1 aliphatic rings. The van der Waals surface area contributed by atoms with Crippen LogP contribution in [0.4, 0.5) is 10.1 Å². The summed E-state index contributed by atoms with van der Waals surface area (Å²) in [5.74, 6) is -0.201. The fourth-order valence-electron chi connectivity index (χ4n) is 5.18. The lowest BCUT2D eigenvalue weighted by molar-refractivity contribution is -0.119. The molecule has 0 aromatic carbocycles. The molecule has 1 fully saturated rings. The Balaban J connectivity index is 1.28. The first-order valence-corrected chi connectivity index (χ1v) is 12.7. The van der Waals surface area contributed by atoms with E-state index in [4.69, 9.17) is 4.98 Å². The van der Waals surface area contributed by atoms with Crippen LogP contribution in [0.1, 0.15) is 25.7 Å². The molecule has 11 heteroatoms. The summed E-state index contributed by atoms with van der Waals surface area (Å²) in [6, 6.07) is 7.23. The summed E-state index contributed by atoms with van der Waals surface area (Å²) in [6.07, 6.45) is 13.6. The van der Waals surface area contributed by atoms with Gasteiger partial charge in [-0.05, 0) is 37.1 Å². The van der Waals surface area contributed by atoms with Crippen LogP contribution in [-0.2, 0) is 4.79 Å². The van der Waals surface area contributed by atoms with E-state index in [2.05, 4.69) is 40.4 Å². The van der Waals surface area contributed by atoms with E-state index in [9.17, 15) is 4.79 Å². The Hall–Kier alpha value is -5.06. The molecular weight excluding hydrogens is 497 g/mol. The van der Waals surface area contributed by atoms with Crippen LogP contribution in [-0.4, -0.2) is 46.0 Å². The third-order valence-corrected chi connectivity index (χ3v) is 7.11. The third-order valence-electron chi connectivity index (χ3n) is 7.11. The highest BCUT2D eigenvalue weighted by molar-refractivity contribution is 5.97. The first-order chi connectivity index (χ1) is 19.2. The monoisotopic (exact) mass is 519 g/mol. The van der Waals surface area contributed by atoms with Crippen molar-refractivity contribution < 1.29 is 9.18 Å². The van der Waals surface area contributed by atoms with Crippen LogP contribution in [0.15, 0.2) is 61.4 Å². The number of amides is 1. The van der Waals surface area contributed by atoms with Crippen LogP contribution in [0.2, 0.25) is 0 Å². The van der Waals surface area contributed by atoms with Gasteiger partial charge in [0.05, 0.1) is 40.2 Å². The quantitative estimate of drug-likeness (QED) is 0.281. The number of imidazole rings is 1. The molecule has 0 aliphatic heterocycles.